The third-order valence-corrected chi connectivity index (χ3v) is 5.41. The first-order chi connectivity index (χ1) is 13.0. The highest BCUT2D eigenvalue weighted by molar-refractivity contribution is 7.71. The van der Waals surface area contributed by atoms with Crippen LogP contribution < -0.4 is 10.6 Å². The Morgan fingerprint density at radius 2 is 1.93 bits per heavy atom. The lowest BCUT2D eigenvalue weighted by atomic mass is 10.1. The van der Waals surface area contributed by atoms with Crippen molar-refractivity contribution in [2.45, 2.75) is 19.1 Å². The Balaban J connectivity index is 1.71. The smallest absolute Gasteiger partial charge is 0.283 e. The standard InChI is InChI=1S/C18H17N3O4S2/c1-2-12-5-3-4-6-13(12)16(22)20-17(23)21-18-19-14-8-7-11(10-27(24)25)9-15(14)26-18/h3-9,27H,2,10H2,1H3,(H2,19,20,21,22,23). The fraction of sp³-hybridized carbons (Fsp3) is 0.167. The van der Waals surface area contributed by atoms with E-state index in [1.165, 1.54) is 11.3 Å². The van der Waals surface area contributed by atoms with Crippen LogP contribution in [0, 0.1) is 0 Å². The lowest BCUT2D eigenvalue weighted by molar-refractivity contribution is 0.0966. The second kappa shape index (κ2) is 8.28. The van der Waals surface area contributed by atoms with Gasteiger partial charge in [0.2, 0.25) is 0 Å². The number of urea groups is 1. The van der Waals surface area contributed by atoms with E-state index in [-0.39, 0.29) is 5.75 Å². The summed E-state index contributed by atoms with van der Waals surface area (Å²) < 4.78 is 22.4. The Bertz CT molecular complexity index is 1080. The molecule has 0 saturated carbocycles. The molecule has 7 nitrogen and oxygen atoms in total. The number of rotatable bonds is 5. The number of carbonyl (C=O) groups excluding carboxylic acids is 2. The van der Waals surface area contributed by atoms with Crippen LogP contribution in [0.4, 0.5) is 9.93 Å². The highest BCUT2D eigenvalue weighted by atomic mass is 32.2. The molecule has 0 saturated heterocycles. The zero-order valence-electron chi connectivity index (χ0n) is 14.4. The summed E-state index contributed by atoms with van der Waals surface area (Å²) in [5, 5.41) is 5.17. The van der Waals surface area contributed by atoms with E-state index >= 15 is 0 Å². The van der Waals surface area contributed by atoms with Gasteiger partial charge in [0.05, 0.1) is 16.0 Å². The summed E-state index contributed by atoms with van der Waals surface area (Å²) in [5.41, 5.74) is 2.61. The SMILES string of the molecule is CCc1ccccc1C(=O)NC(=O)Nc1nc2ccc(C[SH](=O)=O)cc2s1. The van der Waals surface area contributed by atoms with Crippen LogP contribution in [0.2, 0.25) is 0 Å². The molecule has 3 rings (SSSR count). The minimum atomic E-state index is -2.51. The molecule has 0 unspecified atom stereocenters. The maximum atomic E-state index is 12.3. The molecular formula is C18H17N3O4S2. The maximum Gasteiger partial charge on any atom is 0.327 e. The Morgan fingerprint density at radius 3 is 2.67 bits per heavy atom. The minimum Gasteiger partial charge on any atom is -0.283 e. The summed E-state index contributed by atoms with van der Waals surface area (Å²) in [4.78, 5) is 28.7. The first-order valence-corrected chi connectivity index (χ1v) is 10.4. The Labute approximate surface area is 161 Å². The van der Waals surface area contributed by atoms with Gasteiger partial charge in [0, 0.05) is 5.56 Å². The molecule has 2 aromatic carbocycles. The number of fused-ring (bicyclic) bond motifs is 1. The maximum absolute atomic E-state index is 12.3. The molecule has 2 N–H and O–H groups in total. The van der Waals surface area contributed by atoms with Gasteiger partial charge in [-0.25, -0.2) is 18.2 Å². The van der Waals surface area contributed by atoms with Crippen molar-refractivity contribution in [3.63, 3.8) is 0 Å². The first-order valence-electron chi connectivity index (χ1n) is 8.17. The van der Waals surface area contributed by atoms with Crippen molar-refractivity contribution >= 4 is 49.3 Å². The van der Waals surface area contributed by atoms with Crippen molar-refractivity contribution < 1.29 is 18.0 Å². The minimum absolute atomic E-state index is 0.0439. The van der Waals surface area contributed by atoms with Gasteiger partial charge in [-0.2, -0.15) is 0 Å². The molecule has 0 aliphatic heterocycles. The third-order valence-electron chi connectivity index (χ3n) is 3.85. The van der Waals surface area contributed by atoms with E-state index in [9.17, 15) is 18.0 Å². The number of benzene rings is 2. The average molecular weight is 403 g/mol. The number of thiol groups is 1. The number of amides is 3. The van der Waals surface area contributed by atoms with E-state index in [1.807, 2.05) is 19.1 Å². The lowest BCUT2D eigenvalue weighted by Crippen LogP contribution is -2.34. The zero-order valence-corrected chi connectivity index (χ0v) is 16.1. The van der Waals surface area contributed by atoms with Crippen LogP contribution in [-0.4, -0.2) is 25.3 Å². The normalized spacial score (nSPS) is 10.9. The van der Waals surface area contributed by atoms with Crippen molar-refractivity contribution in [3.05, 3.63) is 59.2 Å². The quantitative estimate of drug-likeness (QED) is 0.568. The highest BCUT2D eigenvalue weighted by Gasteiger charge is 2.15. The summed E-state index contributed by atoms with van der Waals surface area (Å²) >= 11 is 1.21. The van der Waals surface area contributed by atoms with Crippen molar-refractivity contribution in [1.82, 2.24) is 10.3 Å². The predicted molar refractivity (Wildman–Crippen MR) is 106 cm³/mol. The van der Waals surface area contributed by atoms with Crippen molar-refractivity contribution in [3.8, 4) is 0 Å². The summed E-state index contributed by atoms with van der Waals surface area (Å²) in [6.45, 7) is 1.94. The van der Waals surface area contributed by atoms with Crippen LogP contribution in [-0.2, 0) is 22.9 Å². The van der Waals surface area contributed by atoms with Crippen LogP contribution in [0.3, 0.4) is 0 Å². The number of imide groups is 1. The van der Waals surface area contributed by atoms with Crippen molar-refractivity contribution in [1.29, 1.82) is 0 Å². The van der Waals surface area contributed by atoms with E-state index in [1.54, 1.807) is 30.3 Å². The highest BCUT2D eigenvalue weighted by Crippen LogP contribution is 2.27. The molecule has 0 spiro atoms. The first kappa shape index (κ1) is 19.0. The number of hydrogen-bond donors (Lipinski definition) is 3. The summed E-state index contributed by atoms with van der Waals surface area (Å²) in [5.74, 6) is -0.523. The summed E-state index contributed by atoms with van der Waals surface area (Å²) in [6.07, 6.45) is 0.681. The van der Waals surface area contributed by atoms with Crippen LogP contribution in [0.25, 0.3) is 10.2 Å². The van der Waals surface area contributed by atoms with Gasteiger partial charge in [-0.3, -0.25) is 15.4 Å². The van der Waals surface area contributed by atoms with Crippen LogP contribution in [0.15, 0.2) is 42.5 Å². The fourth-order valence-electron chi connectivity index (χ4n) is 2.62. The largest absolute Gasteiger partial charge is 0.327 e. The van der Waals surface area contributed by atoms with Gasteiger partial charge in [0.25, 0.3) is 5.91 Å². The Hall–Kier alpha value is -2.78. The third kappa shape index (κ3) is 4.69. The number of hydrogen-bond acceptors (Lipinski definition) is 6. The number of thiazole rings is 1. The molecule has 3 amide bonds. The van der Waals surface area contributed by atoms with Crippen LogP contribution in [0.1, 0.15) is 28.4 Å². The van der Waals surface area contributed by atoms with Gasteiger partial charge in [-0.05, 0) is 35.7 Å². The molecule has 0 bridgehead atoms. The van der Waals surface area contributed by atoms with E-state index in [4.69, 9.17) is 0 Å². The number of carbonyl (C=O) groups is 2. The van der Waals surface area contributed by atoms with Crippen molar-refractivity contribution in [2.75, 3.05) is 5.32 Å². The van der Waals surface area contributed by atoms with Gasteiger partial charge in [0.15, 0.2) is 5.13 Å². The molecule has 27 heavy (non-hydrogen) atoms. The van der Waals surface area contributed by atoms with Crippen molar-refractivity contribution in [2.24, 2.45) is 0 Å². The second-order valence-corrected chi connectivity index (χ2v) is 7.74. The number of aromatic nitrogens is 1. The van der Waals surface area contributed by atoms with Crippen LogP contribution in [0.5, 0.6) is 0 Å². The Kier molecular flexibility index (Phi) is 5.82. The van der Waals surface area contributed by atoms with Gasteiger partial charge < -0.3 is 0 Å². The Morgan fingerprint density at radius 1 is 1.15 bits per heavy atom. The van der Waals surface area contributed by atoms with Crippen LogP contribution >= 0.6 is 11.3 Å². The molecule has 0 fully saturated rings. The second-order valence-electron chi connectivity index (χ2n) is 5.73. The molecule has 0 atom stereocenters. The fourth-order valence-corrected chi connectivity index (χ4v) is 4.04. The molecule has 140 valence electrons. The van der Waals surface area contributed by atoms with E-state index in [2.05, 4.69) is 15.6 Å². The summed E-state index contributed by atoms with van der Waals surface area (Å²) in [7, 11) is -2.51. The molecule has 0 radical (unpaired) electrons. The predicted octanol–water partition coefficient (Wildman–Crippen LogP) is 2.93. The van der Waals surface area contributed by atoms with Gasteiger partial charge >= 0.3 is 6.03 Å². The average Bonchev–Trinajstić information content (AvgIpc) is 3.02. The van der Waals surface area contributed by atoms with E-state index in [0.29, 0.717) is 28.2 Å². The molecule has 3 aromatic rings. The van der Waals surface area contributed by atoms with Gasteiger partial charge in [0.1, 0.15) is 10.7 Å². The number of anilines is 1. The van der Waals surface area contributed by atoms with E-state index in [0.717, 1.165) is 10.3 Å². The molecule has 0 aliphatic carbocycles. The molecular weight excluding hydrogens is 386 g/mol. The van der Waals surface area contributed by atoms with Gasteiger partial charge in [-0.1, -0.05) is 42.5 Å². The molecule has 0 aliphatic rings. The zero-order chi connectivity index (χ0) is 19.4. The number of nitrogens with one attached hydrogen (secondary N) is 2. The summed E-state index contributed by atoms with van der Waals surface area (Å²) in [6, 6.07) is 11.5. The lowest BCUT2D eigenvalue weighted by Gasteiger charge is -2.07. The molecule has 1 aromatic heterocycles. The number of aryl methyl sites for hydroxylation is 1. The molecule has 1 heterocycles. The monoisotopic (exact) mass is 403 g/mol. The molecule has 9 heteroatoms. The van der Waals surface area contributed by atoms with E-state index < -0.39 is 22.6 Å². The topological polar surface area (TPSA) is 105 Å². The van der Waals surface area contributed by atoms with Gasteiger partial charge in [-0.15, -0.1) is 0 Å². The number of nitrogens with zero attached hydrogens (tertiary/aromatic N) is 1.